The van der Waals surface area contributed by atoms with Crippen LogP contribution in [0.3, 0.4) is 0 Å². The number of hydrogen-bond acceptors (Lipinski definition) is 7. The first-order valence-electron chi connectivity index (χ1n) is 14.3. The van der Waals surface area contributed by atoms with Gasteiger partial charge in [-0.1, -0.05) is 36.4 Å². The number of fused-ring (bicyclic) bond motifs is 3. The number of hydrogen-bond donors (Lipinski definition) is 2. The van der Waals surface area contributed by atoms with Gasteiger partial charge in [0.05, 0.1) is 38.5 Å². The molecule has 1 aliphatic carbocycles. The molecule has 1 aromatic heterocycles. The first kappa shape index (κ1) is 27.3. The number of imide groups is 1. The second-order valence-corrected chi connectivity index (χ2v) is 11.6. The van der Waals surface area contributed by atoms with Crippen molar-refractivity contribution in [1.29, 1.82) is 0 Å². The molecule has 0 radical (unpaired) electrons. The van der Waals surface area contributed by atoms with Crippen LogP contribution in [-0.4, -0.2) is 33.8 Å². The van der Waals surface area contributed by atoms with E-state index in [-0.39, 0.29) is 5.78 Å². The lowest BCUT2D eigenvalue weighted by Gasteiger charge is -2.19. The Morgan fingerprint density at radius 2 is 1.20 bits per heavy atom. The largest absolute Gasteiger partial charge is 0.322 e. The molecule has 220 valence electrons. The highest BCUT2D eigenvalue weighted by Gasteiger charge is 2.36. The lowest BCUT2D eigenvalue weighted by atomic mass is 9.86. The number of amides is 4. The Hall–Kier alpha value is -6.26. The third-order valence-electron chi connectivity index (χ3n) is 8.12. The summed E-state index contributed by atoms with van der Waals surface area (Å²) in [6.45, 7) is 0. The van der Waals surface area contributed by atoms with Gasteiger partial charge in [0.2, 0.25) is 0 Å². The number of carbonyl (C=O) groups excluding carboxylic acids is 5. The minimum atomic E-state index is -0.412. The maximum Gasteiger partial charge on any atom is 0.266 e. The molecule has 1 aliphatic heterocycles. The molecule has 46 heavy (non-hydrogen) atoms. The average Bonchev–Trinajstić information content (AvgIpc) is 3.63. The molecule has 0 fully saturated rings. The average molecular weight is 621 g/mol. The number of nitrogens with one attached hydrogen (secondary N) is 2. The highest BCUT2D eigenvalue weighted by Crippen LogP contribution is 2.43. The zero-order valence-electron chi connectivity index (χ0n) is 23.7. The van der Waals surface area contributed by atoms with Gasteiger partial charge in [0.15, 0.2) is 5.78 Å². The summed E-state index contributed by atoms with van der Waals surface area (Å²) in [6, 6.07) is 30.0. The van der Waals surface area contributed by atoms with Crippen LogP contribution in [0, 0.1) is 0 Å². The van der Waals surface area contributed by atoms with Crippen LogP contribution < -0.4 is 15.5 Å². The molecule has 9 nitrogen and oxygen atoms in total. The molecule has 5 aromatic carbocycles. The van der Waals surface area contributed by atoms with E-state index in [1.165, 1.54) is 23.7 Å². The van der Waals surface area contributed by atoms with Gasteiger partial charge in [-0.25, -0.2) is 4.90 Å². The summed E-state index contributed by atoms with van der Waals surface area (Å²) in [4.78, 5) is 66.3. The number of benzene rings is 5. The third kappa shape index (κ3) is 4.23. The number of rotatable bonds is 5. The monoisotopic (exact) mass is 620 g/mol. The molecule has 10 heteroatoms. The van der Waals surface area contributed by atoms with Crippen molar-refractivity contribution in [3.8, 4) is 11.3 Å². The molecule has 8 rings (SSSR count). The predicted molar refractivity (Wildman–Crippen MR) is 175 cm³/mol. The Bertz CT molecular complexity index is 2270. The maximum absolute atomic E-state index is 13.5. The molecule has 0 bridgehead atoms. The summed E-state index contributed by atoms with van der Waals surface area (Å²) < 4.78 is 5.52. The summed E-state index contributed by atoms with van der Waals surface area (Å²) in [5.41, 5.74) is 4.94. The standard InChI is InChI=1S/C36H20N4O5S/c41-32-26-8-4-10-28-30(26)31(39-46-28)25-7-3-9-27(29(25)32)38-34(43)19-11-15-21(16-12-19)37-33(42)20-13-17-22(18-14-20)40-35(44)23-5-1-2-6-24(23)36(40)45/h1-18H,(H,37,42)(H,38,43). The Labute approximate surface area is 265 Å². The van der Waals surface area contributed by atoms with Gasteiger partial charge in [-0.2, -0.15) is 4.37 Å². The molecular weight excluding hydrogens is 600 g/mol. The van der Waals surface area contributed by atoms with Crippen molar-refractivity contribution < 1.29 is 24.0 Å². The minimum Gasteiger partial charge on any atom is -0.322 e. The highest BCUT2D eigenvalue weighted by molar-refractivity contribution is 7.13. The van der Waals surface area contributed by atoms with Crippen molar-refractivity contribution >= 4 is 68.1 Å². The van der Waals surface area contributed by atoms with E-state index in [0.717, 1.165) is 20.7 Å². The zero-order valence-corrected chi connectivity index (χ0v) is 24.6. The normalized spacial score (nSPS) is 13.0. The van der Waals surface area contributed by atoms with Gasteiger partial charge in [0.1, 0.15) is 0 Å². The van der Waals surface area contributed by atoms with E-state index in [0.29, 0.717) is 56.0 Å². The molecule has 0 unspecified atom stereocenters. The van der Waals surface area contributed by atoms with Crippen molar-refractivity contribution in [2.45, 2.75) is 0 Å². The van der Waals surface area contributed by atoms with Gasteiger partial charge >= 0.3 is 0 Å². The lowest BCUT2D eigenvalue weighted by Crippen LogP contribution is -2.29. The van der Waals surface area contributed by atoms with E-state index in [1.54, 1.807) is 78.9 Å². The van der Waals surface area contributed by atoms with Crippen molar-refractivity contribution in [3.05, 3.63) is 143 Å². The van der Waals surface area contributed by atoms with E-state index in [2.05, 4.69) is 15.0 Å². The lowest BCUT2D eigenvalue weighted by molar-refractivity contribution is 0.0923. The van der Waals surface area contributed by atoms with Crippen LogP contribution in [0.15, 0.2) is 109 Å². The molecular formula is C36H20N4O5S. The number of nitrogens with zero attached hydrogens (tertiary/aromatic N) is 2. The van der Waals surface area contributed by atoms with E-state index in [1.807, 2.05) is 18.2 Å². The summed E-state index contributed by atoms with van der Waals surface area (Å²) in [7, 11) is 0. The van der Waals surface area contributed by atoms with Crippen molar-refractivity contribution in [2.75, 3.05) is 15.5 Å². The quantitative estimate of drug-likeness (QED) is 0.204. The molecule has 2 N–H and O–H groups in total. The molecule has 0 saturated heterocycles. The fraction of sp³-hybridized carbons (Fsp3) is 0. The summed E-state index contributed by atoms with van der Waals surface area (Å²) >= 11 is 1.34. The van der Waals surface area contributed by atoms with Crippen molar-refractivity contribution in [2.24, 2.45) is 0 Å². The smallest absolute Gasteiger partial charge is 0.266 e. The molecule has 0 saturated carbocycles. The zero-order chi connectivity index (χ0) is 31.5. The predicted octanol–water partition coefficient (Wildman–Crippen LogP) is 6.81. The van der Waals surface area contributed by atoms with Crippen LogP contribution in [0.5, 0.6) is 0 Å². The van der Waals surface area contributed by atoms with E-state index < -0.39 is 23.6 Å². The molecule has 4 amide bonds. The maximum atomic E-state index is 13.5. The van der Waals surface area contributed by atoms with Gasteiger partial charge < -0.3 is 10.6 Å². The molecule has 0 atom stereocenters. The van der Waals surface area contributed by atoms with Gasteiger partial charge in [-0.3, -0.25) is 24.0 Å². The second-order valence-electron chi connectivity index (χ2n) is 10.8. The first-order chi connectivity index (χ1) is 22.4. The number of carbonyl (C=O) groups is 5. The van der Waals surface area contributed by atoms with Crippen LogP contribution in [0.4, 0.5) is 17.1 Å². The van der Waals surface area contributed by atoms with Crippen LogP contribution in [0.25, 0.3) is 21.3 Å². The Morgan fingerprint density at radius 1 is 0.609 bits per heavy atom. The van der Waals surface area contributed by atoms with E-state index >= 15 is 0 Å². The molecule has 2 heterocycles. The summed E-state index contributed by atoms with van der Waals surface area (Å²) in [5.74, 6) is -1.81. The van der Waals surface area contributed by atoms with Gasteiger partial charge in [-0.15, -0.1) is 0 Å². The van der Waals surface area contributed by atoms with Crippen molar-refractivity contribution in [3.63, 3.8) is 0 Å². The number of aromatic nitrogens is 1. The number of anilines is 3. The van der Waals surface area contributed by atoms with E-state index in [9.17, 15) is 24.0 Å². The fourth-order valence-electron chi connectivity index (χ4n) is 5.89. The van der Waals surface area contributed by atoms with Gasteiger partial charge in [0.25, 0.3) is 23.6 Å². The first-order valence-corrected chi connectivity index (χ1v) is 15.0. The van der Waals surface area contributed by atoms with Gasteiger partial charge in [-0.05, 0) is 84.3 Å². The summed E-state index contributed by atoms with van der Waals surface area (Å²) in [6.07, 6.45) is 0. The Kier molecular flexibility index (Phi) is 6.19. The highest BCUT2D eigenvalue weighted by atomic mass is 32.1. The molecule has 2 aliphatic rings. The van der Waals surface area contributed by atoms with E-state index in [4.69, 9.17) is 0 Å². The fourth-order valence-corrected chi connectivity index (χ4v) is 6.70. The van der Waals surface area contributed by atoms with Crippen molar-refractivity contribution in [1.82, 2.24) is 4.37 Å². The van der Waals surface area contributed by atoms with Gasteiger partial charge in [0, 0.05) is 33.3 Å². The topological polar surface area (TPSA) is 126 Å². The van der Waals surface area contributed by atoms with Crippen LogP contribution in [0.2, 0.25) is 0 Å². The molecule has 0 spiro atoms. The minimum absolute atomic E-state index is 0.168. The SMILES string of the molecule is O=C(Nc1ccc(C(=O)Nc2cccc3c2C(=O)c2cccc4snc-3c24)cc1)c1ccc(N2C(=O)c3ccccc3C2=O)cc1. The summed E-state index contributed by atoms with van der Waals surface area (Å²) in [5, 5.41) is 6.50. The second kappa shape index (κ2) is 10.4. The van der Waals surface area contributed by atoms with Crippen LogP contribution >= 0.6 is 11.5 Å². The van der Waals surface area contributed by atoms with Crippen LogP contribution in [-0.2, 0) is 0 Å². The Morgan fingerprint density at radius 3 is 1.89 bits per heavy atom. The molecule has 6 aromatic rings. The Balaban J connectivity index is 0.961. The third-order valence-corrected chi connectivity index (χ3v) is 8.94. The number of ketones is 1. The van der Waals surface area contributed by atoms with Crippen LogP contribution in [0.1, 0.15) is 57.4 Å².